The van der Waals surface area contributed by atoms with Crippen molar-refractivity contribution in [2.75, 3.05) is 38.1 Å². The summed E-state index contributed by atoms with van der Waals surface area (Å²) >= 11 is 12.1. The number of amides is 1. The number of aromatic nitrogens is 1. The Labute approximate surface area is 175 Å². The van der Waals surface area contributed by atoms with Crippen LogP contribution < -0.4 is 15.0 Å². The molecule has 0 bridgehead atoms. The fourth-order valence-electron chi connectivity index (χ4n) is 3.02. The van der Waals surface area contributed by atoms with Crippen LogP contribution in [0.2, 0.25) is 10.0 Å². The fourth-order valence-corrected chi connectivity index (χ4v) is 3.35. The molecule has 28 heavy (non-hydrogen) atoms. The van der Waals surface area contributed by atoms with Gasteiger partial charge >= 0.3 is 0 Å². The number of pyridine rings is 1. The largest absolute Gasteiger partial charge is 0.479 e. The van der Waals surface area contributed by atoms with Crippen molar-refractivity contribution in [3.05, 3.63) is 52.1 Å². The van der Waals surface area contributed by atoms with Gasteiger partial charge in [0, 0.05) is 44.5 Å². The predicted octanol–water partition coefficient (Wildman–Crippen LogP) is 3.22. The van der Waals surface area contributed by atoms with Crippen molar-refractivity contribution < 1.29 is 9.53 Å². The first kappa shape index (κ1) is 20.7. The van der Waals surface area contributed by atoms with E-state index in [2.05, 4.69) is 27.1 Å². The van der Waals surface area contributed by atoms with E-state index >= 15 is 0 Å². The molecule has 2 heterocycles. The lowest BCUT2D eigenvalue weighted by atomic mass is 10.2. The number of carbonyl (C=O) groups excluding carboxylic acids is 1. The highest BCUT2D eigenvalue weighted by Crippen LogP contribution is 2.32. The van der Waals surface area contributed by atoms with Crippen LogP contribution in [0, 0.1) is 0 Å². The average Bonchev–Trinajstić information content (AvgIpc) is 2.70. The fraction of sp³-hybridized carbons (Fsp3) is 0.400. The van der Waals surface area contributed by atoms with E-state index < -0.39 is 6.10 Å². The molecule has 1 amide bonds. The van der Waals surface area contributed by atoms with E-state index in [0.717, 1.165) is 37.6 Å². The second-order valence-corrected chi connectivity index (χ2v) is 7.59. The first-order valence-electron chi connectivity index (χ1n) is 9.21. The summed E-state index contributed by atoms with van der Waals surface area (Å²) in [6.07, 6.45) is 1.07. The van der Waals surface area contributed by atoms with Crippen molar-refractivity contribution in [2.24, 2.45) is 0 Å². The number of likely N-dealkylation sites (N-methyl/N-ethyl adjacent to an activating group) is 1. The molecule has 0 spiro atoms. The maximum atomic E-state index is 12.5. The van der Waals surface area contributed by atoms with Crippen molar-refractivity contribution in [1.82, 2.24) is 15.2 Å². The molecule has 3 rings (SSSR count). The SMILES string of the molecule is CC(Oc1cccc(Cl)c1Cl)C(=O)NCc1cccnc1N1CCN(C)CC1. The highest BCUT2D eigenvalue weighted by molar-refractivity contribution is 6.42. The Hall–Kier alpha value is -2.02. The van der Waals surface area contributed by atoms with Gasteiger partial charge in [-0.2, -0.15) is 0 Å². The van der Waals surface area contributed by atoms with Crippen molar-refractivity contribution in [2.45, 2.75) is 19.6 Å². The Morgan fingerprint density at radius 1 is 1.21 bits per heavy atom. The van der Waals surface area contributed by atoms with E-state index in [0.29, 0.717) is 22.3 Å². The Bertz CT molecular complexity index is 826. The van der Waals surface area contributed by atoms with Gasteiger partial charge in [-0.1, -0.05) is 35.3 Å². The molecule has 0 radical (unpaired) electrons. The number of benzene rings is 1. The molecule has 1 fully saturated rings. The lowest BCUT2D eigenvalue weighted by Crippen LogP contribution is -2.45. The Balaban J connectivity index is 1.61. The van der Waals surface area contributed by atoms with Crippen LogP contribution in [-0.2, 0) is 11.3 Å². The summed E-state index contributed by atoms with van der Waals surface area (Å²) in [5, 5.41) is 3.61. The Morgan fingerprint density at radius 2 is 1.96 bits per heavy atom. The summed E-state index contributed by atoms with van der Waals surface area (Å²) in [6.45, 7) is 5.88. The standard InChI is InChI=1S/C20H24Cl2N4O2/c1-14(28-17-7-3-6-16(21)18(17)22)20(27)24-13-15-5-4-8-23-19(15)26-11-9-25(2)10-12-26/h3-8,14H,9-13H2,1-2H3,(H,24,27). The van der Waals surface area contributed by atoms with Crippen molar-refractivity contribution in [3.63, 3.8) is 0 Å². The van der Waals surface area contributed by atoms with Crippen LogP contribution in [0.3, 0.4) is 0 Å². The van der Waals surface area contributed by atoms with Gasteiger partial charge in [0.05, 0.1) is 5.02 Å². The van der Waals surface area contributed by atoms with Gasteiger partial charge in [0.2, 0.25) is 0 Å². The molecule has 6 nitrogen and oxygen atoms in total. The molecule has 2 aromatic rings. The van der Waals surface area contributed by atoms with Gasteiger partial charge in [-0.05, 0) is 32.2 Å². The van der Waals surface area contributed by atoms with Crippen LogP contribution in [-0.4, -0.2) is 55.1 Å². The van der Waals surface area contributed by atoms with Crippen LogP contribution in [0.25, 0.3) is 0 Å². The number of piperazine rings is 1. The molecular formula is C20H24Cl2N4O2. The van der Waals surface area contributed by atoms with Crippen molar-refractivity contribution >= 4 is 34.9 Å². The average molecular weight is 423 g/mol. The monoisotopic (exact) mass is 422 g/mol. The molecule has 8 heteroatoms. The topological polar surface area (TPSA) is 57.7 Å². The second kappa shape index (κ2) is 9.45. The van der Waals surface area contributed by atoms with Gasteiger partial charge in [0.1, 0.15) is 16.6 Å². The first-order valence-corrected chi connectivity index (χ1v) is 9.97. The lowest BCUT2D eigenvalue weighted by molar-refractivity contribution is -0.127. The van der Waals surface area contributed by atoms with E-state index in [1.807, 2.05) is 12.1 Å². The molecule has 1 aromatic heterocycles. The summed E-state index contributed by atoms with van der Waals surface area (Å²) in [7, 11) is 2.12. The molecule has 1 aliphatic rings. The van der Waals surface area contributed by atoms with Gasteiger partial charge in [0.25, 0.3) is 5.91 Å². The number of nitrogens with zero attached hydrogens (tertiary/aromatic N) is 3. The zero-order valence-electron chi connectivity index (χ0n) is 16.0. The van der Waals surface area contributed by atoms with Crippen molar-refractivity contribution in [3.8, 4) is 5.75 Å². The molecule has 150 valence electrons. The number of hydrogen-bond acceptors (Lipinski definition) is 5. The number of nitrogens with one attached hydrogen (secondary N) is 1. The van der Waals surface area contributed by atoms with E-state index in [1.54, 1.807) is 31.3 Å². The number of ether oxygens (including phenoxy) is 1. The van der Waals surface area contributed by atoms with E-state index in [9.17, 15) is 4.79 Å². The Kier molecular flexibility index (Phi) is 6.99. The maximum Gasteiger partial charge on any atom is 0.261 e. The highest BCUT2D eigenvalue weighted by Gasteiger charge is 2.20. The lowest BCUT2D eigenvalue weighted by Gasteiger charge is -2.34. The third-order valence-electron chi connectivity index (χ3n) is 4.71. The molecule has 0 saturated carbocycles. The second-order valence-electron chi connectivity index (χ2n) is 6.81. The highest BCUT2D eigenvalue weighted by atomic mass is 35.5. The van der Waals surface area contributed by atoms with Crippen LogP contribution in [0.1, 0.15) is 12.5 Å². The van der Waals surface area contributed by atoms with Crippen LogP contribution >= 0.6 is 23.2 Å². The zero-order valence-corrected chi connectivity index (χ0v) is 17.5. The number of rotatable bonds is 6. The van der Waals surface area contributed by atoms with Gasteiger partial charge in [-0.3, -0.25) is 4.79 Å². The van der Waals surface area contributed by atoms with Crippen molar-refractivity contribution in [1.29, 1.82) is 0 Å². The normalized spacial score (nSPS) is 15.9. The molecule has 1 unspecified atom stereocenters. The molecule has 1 saturated heterocycles. The first-order chi connectivity index (χ1) is 13.5. The zero-order chi connectivity index (χ0) is 20.1. The molecule has 1 aromatic carbocycles. The summed E-state index contributed by atoms with van der Waals surface area (Å²) in [5.41, 5.74) is 0.980. The number of anilines is 1. The van der Waals surface area contributed by atoms with E-state index in [-0.39, 0.29) is 5.91 Å². The minimum atomic E-state index is -0.709. The van der Waals surface area contributed by atoms with Gasteiger partial charge in [0.15, 0.2) is 6.10 Å². The number of hydrogen-bond donors (Lipinski definition) is 1. The van der Waals surface area contributed by atoms with Crippen LogP contribution in [0.15, 0.2) is 36.5 Å². The molecule has 0 aliphatic carbocycles. The summed E-state index contributed by atoms with van der Waals surface area (Å²) in [5.74, 6) is 1.07. The molecule has 1 N–H and O–H groups in total. The van der Waals surface area contributed by atoms with E-state index in [1.165, 1.54) is 0 Å². The van der Waals surface area contributed by atoms with Gasteiger partial charge < -0.3 is 19.9 Å². The summed E-state index contributed by atoms with van der Waals surface area (Å²) < 4.78 is 5.67. The summed E-state index contributed by atoms with van der Waals surface area (Å²) in [6, 6.07) is 8.95. The minimum absolute atomic E-state index is 0.232. The third-order valence-corrected chi connectivity index (χ3v) is 5.51. The quantitative estimate of drug-likeness (QED) is 0.774. The predicted molar refractivity (Wildman–Crippen MR) is 112 cm³/mol. The molecule has 1 aliphatic heterocycles. The minimum Gasteiger partial charge on any atom is -0.479 e. The smallest absolute Gasteiger partial charge is 0.261 e. The molecular weight excluding hydrogens is 399 g/mol. The third kappa shape index (κ3) is 5.07. The van der Waals surface area contributed by atoms with Gasteiger partial charge in [-0.25, -0.2) is 4.98 Å². The maximum absolute atomic E-state index is 12.5. The van der Waals surface area contributed by atoms with Gasteiger partial charge in [-0.15, -0.1) is 0 Å². The van der Waals surface area contributed by atoms with Crippen LogP contribution in [0.5, 0.6) is 5.75 Å². The Morgan fingerprint density at radius 3 is 2.71 bits per heavy atom. The molecule has 1 atom stereocenters. The van der Waals surface area contributed by atoms with Crippen LogP contribution in [0.4, 0.5) is 5.82 Å². The summed E-state index contributed by atoms with van der Waals surface area (Å²) in [4.78, 5) is 21.6. The number of halogens is 2. The van der Waals surface area contributed by atoms with E-state index in [4.69, 9.17) is 27.9 Å². The number of carbonyl (C=O) groups is 1.